The zero-order valence-corrected chi connectivity index (χ0v) is 7.89. The number of likely N-dealkylation sites (N-methyl/N-ethyl adjacent to an activating group) is 1. The van der Waals surface area contributed by atoms with Gasteiger partial charge in [-0.05, 0) is 19.9 Å². The standard InChI is InChI=1S/C10H17NO/c1-4-9(11-2)10(12-3)7-5-6-8-10/h1,9,11H,5-8H2,2-3H3. The van der Waals surface area contributed by atoms with E-state index < -0.39 is 0 Å². The van der Waals surface area contributed by atoms with E-state index in [0.717, 1.165) is 12.8 Å². The van der Waals surface area contributed by atoms with E-state index >= 15 is 0 Å². The minimum absolute atomic E-state index is 0.0602. The van der Waals surface area contributed by atoms with E-state index in [9.17, 15) is 0 Å². The number of hydrogen-bond donors (Lipinski definition) is 1. The third-order valence-corrected chi connectivity index (χ3v) is 2.84. The minimum atomic E-state index is -0.0937. The molecule has 0 saturated heterocycles. The van der Waals surface area contributed by atoms with E-state index in [1.54, 1.807) is 7.11 Å². The predicted octanol–water partition coefficient (Wildman–Crippen LogP) is 1.17. The van der Waals surface area contributed by atoms with E-state index in [1.807, 2.05) is 7.05 Å². The topological polar surface area (TPSA) is 21.3 Å². The summed E-state index contributed by atoms with van der Waals surface area (Å²) < 4.78 is 5.54. The molecule has 1 atom stereocenters. The zero-order valence-electron chi connectivity index (χ0n) is 7.89. The SMILES string of the molecule is C#CC(NC)C1(OC)CCCC1. The van der Waals surface area contributed by atoms with Crippen molar-refractivity contribution in [2.24, 2.45) is 0 Å². The van der Waals surface area contributed by atoms with E-state index in [1.165, 1.54) is 12.8 Å². The Hall–Kier alpha value is -0.520. The predicted molar refractivity (Wildman–Crippen MR) is 49.9 cm³/mol. The summed E-state index contributed by atoms with van der Waals surface area (Å²) >= 11 is 0. The first-order valence-electron chi connectivity index (χ1n) is 4.47. The lowest BCUT2D eigenvalue weighted by Gasteiger charge is -2.32. The van der Waals surface area contributed by atoms with Crippen LogP contribution in [0.4, 0.5) is 0 Å². The van der Waals surface area contributed by atoms with Gasteiger partial charge in [0.2, 0.25) is 0 Å². The second kappa shape index (κ2) is 3.93. The molecule has 0 radical (unpaired) electrons. The van der Waals surface area contributed by atoms with E-state index in [2.05, 4.69) is 11.2 Å². The van der Waals surface area contributed by atoms with Gasteiger partial charge in [0.1, 0.15) is 0 Å². The fourth-order valence-corrected chi connectivity index (χ4v) is 2.08. The molecular formula is C10H17NO. The van der Waals surface area contributed by atoms with Crippen LogP contribution in [-0.4, -0.2) is 25.8 Å². The summed E-state index contributed by atoms with van der Waals surface area (Å²) in [6.45, 7) is 0. The summed E-state index contributed by atoms with van der Waals surface area (Å²) in [4.78, 5) is 0. The van der Waals surface area contributed by atoms with E-state index in [-0.39, 0.29) is 11.6 Å². The molecule has 0 amide bonds. The maximum absolute atomic E-state index is 5.54. The third-order valence-electron chi connectivity index (χ3n) is 2.84. The monoisotopic (exact) mass is 167 g/mol. The van der Waals surface area contributed by atoms with Crippen LogP contribution in [-0.2, 0) is 4.74 Å². The molecule has 1 saturated carbocycles. The molecule has 68 valence electrons. The Labute approximate surface area is 74.7 Å². The van der Waals surface area contributed by atoms with Crippen LogP contribution >= 0.6 is 0 Å². The van der Waals surface area contributed by atoms with Gasteiger partial charge >= 0.3 is 0 Å². The molecule has 1 rings (SSSR count). The molecule has 0 aromatic carbocycles. The number of hydrogen-bond acceptors (Lipinski definition) is 2. The molecule has 1 unspecified atom stereocenters. The van der Waals surface area contributed by atoms with E-state index in [0.29, 0.717) is 0 Å². The first-order valence-corrected chi connectivity index (χ1v) is 4.47. The van der Waals surface area contributed by atoms with Gasteiger partial charge in [-0.3, -0.25) is 0 Å². The van der Waals surface area contributed by atoms with Gasteiger partial charge in [0.05, 0.1) is 11.6 Å². The van der Waals surface area contributed by atoms with Gasteiger partial charge in [0, 0.05) is 7.11 Å². The Bertz CT molecular complexity index is 177. The Kier molecular flexibility index (Phi) is 3.13. The van der Waals surface area contributed by atoms with Crippen LogP contribution in [0.25, 0.3) is 0 Å². The molecule has 12 heavy (non-hydrogen) atoms. The highest BCUT2D eigenvalue weighted by atomic mass is 16.5. The minimum Gasteiger partial charge on any atom is -0.376 e. The van der Waals surface area contributed by atoms with Crippen molar-refractivity contribution in [3.05, 3.63) is 0 Å². The van der Waals surface area contributed by atoms with Crippen LogP contribution < -0.4 is 5.32 Å². The quantitative estimate of drug-likeness (QED) is 0.637. The average molecular weight is 167 g/mol. The van der Waals surface area contributed by atoms with Crippen LogP contribution in [0.3, 0.4) is 0 Å². The highest BCUT2D eigenvalue weighted by Gasteiger charge is 2.39. The Morgan fingerprint density at radius 2 is 2.08 bits per heavy atom. The van der Waals surface area contributed by atoms with Crippen molar-refractivity contribution in [2.75, 3.05) is 14.2 Å². The summed E-state index contributed by atoms with van der Waals surface area (Å²) in [6, 6.07) is 0.0602. The lowest BCUT2D eigenvalue weighted by Crippen LogP contribution is -2.48. The van der Waals surface area contributed by atoms with Crippen molar-refractivity contribution < 1.29 is 4.74 Å². The summed E-state index contributed by atoms with van der Waals surface area (Å²) in [6.07, 6.45) is 10.1. The fraction of sp³-hybridized carbons (Fsp3) is 0.800. The van der Waals surface area contributed by atoms with Crippen LogP contribution in [0.15, 0.2) is 0 Å². The Morgan fingerprint density at radius 3 is 2.42 bits per heavy atom. The number of ether oxygens (including phenoxy) is 1. The van der Waals surface area contributed by atoms with Crippen molar-refractivity contribution in [1.82, 2.24) is 5.32 Å². The molecule has 0 heterocycles. The van der Waals surface area contributed by atoms with Gasteiger partial charge in [-0.1, -0.05) is 18.8 Å². The molecule has 2 heteroatoms. The van der Waals surface area contributed by atoms with Gasteiger partial charge in [-0.25, -0.2) is 0 Å². The molecule has 0 spiro atoms. The van der Waals surface area contributed by atoms with Crippen LogP contribution in [0.5, 0.6) is 0 Å². The molecule has 1 aliphatic carbocycles. The summed E-state index contributed by atoms with van der Waals surface area (Å²) in [5, 5.41) is 3.12. The van der Waals surface area contributed by atoms with Crippen molar-refractivity contribution in [3.8, 4) is 12.3 Å². The van der Waals surface area contributed by atoms with Crippen molar-refractivity contribution in [3.63, 3.8) is 0 Å². The molecular weight excluding hydrogens is 150 g/mol. The van der Waals surface area contributed by atoms with Crippen molar-refractivity contribution in [2.45, 2.75) is 37.3 Å². The second-order valence-electron chi connectivity index (χ2n) is 3.36. The first kappa shape index (κ1) is 9.57. The molecule has 0 bridgehead atoms. The van der Waals surface area contributed by atoms with Gasteiger partial charge in [-0.15, -0.1) is 6.42 Å². The molecule has 1 N–H and O–H groups in total. The smallest absolute Gasteiger partial charge is 0.0978 e. The number of methoxy groups -OCH3 is 1. The van der Waals surface area contributed by atoms with Crippen LogP contribution in [0.1, 0.15) is 25.7 Å². The number of rotatable bonds is 3. The third kappa shape index (κ3) is 1.48. The first-order chi connectivity index (χ1) is 5.79. The fourth-order valence-electron chi connectivity index (χ4n) is 2.08. The zero-order chi connectivity index (χ0) is 9.03. The molecule has 2 nitrogen and oxygen atoms in total. The molecule has 0 aromatic heterocycles. The van der Waals surface area contributed by atoms with Gasteiger partial charge in [0.15, 0.2) is 0 Å². The van der Waals surface area contributed by atoms with Gasteiger partial charge in [0.25, 0.3) is 0 Å². The van der Waals surface area contributed by atoms with Gasteiger partial charge < -0.3 is 10.1 Å². The lowest BCUT2D eigenvalue weighted by molar-refractivity contribution is -0.0189. The largest absolute Gasteiger partial charge is 0.376 e. The number of nitrogens with one attached hydrogen (secondary N) is 1. The summed E-state index contributed by atoms with van der Waals surface area (Å²) in [5.74, 6) is 2.75. The Morgan fingerprint density at radius 1 is 1.50 bits per heavy atom. The number of terminal acetylenes is 1. The molecule has 1 aliphatic rings. The highest BCUT2D eigenvalue weighted by molar-refractivity contribution is 5.11. The van der Waals surface area contributed by atoms with Crippen molar-refractivity contribution >= 4 is 0 Å². The summed E-state index contributed by atoms with van der Waals surface area (Å²) in [7, 11) is 3.65. The normalized spacial score (nSPS) is 23.4. The van der Waals surface area contributed by atoms with Crippen LogP contribution in [0, 0.1) is 12.3 Å². The van der Waals surface area contributed by atoms with Crippen LogP contribution in [0.2, 0.25) is 0 Å². The molecule has 1 fully saturated rings. The second-order valence-corrected chi connectivity index (χ2v) is 3.36. The average Bonchev–Trinajstić information content (AvgIpc) is 2.56. The van der Waals surface area contributed by atoms with Crippen molar-refractivity contribution in [1.29, 1.82) is 0 Å². The maximum atomic E-state index is 5.54. The van der Waals surface area contributed by atoms with Gasteiger partial charge in [-0.2, -0.15) is 0 Å². The van der Waals surface area contributed by atoms with E-state index in [4.69, 9.17) is 11.2 Å². The highest BCUT2D eigenvalue weighted by Crippen LogP contribution is 2.35. The molecule has 0 aromatic rings. The molecule has 0 aliphatic heterocycles. The Balaban J connectivity index is 2.71. The summed E-state index contributed by atoms with van der Waals surface area (Å²) in [5.41, 5.74) is -0.0937. The maximum Gasteiger partial charge on any atom is 0.0978 e. The lowest BCUT2D eigenvalue weighted by atomic mass is 9.92.